The lowest BCUT2D eigenvalue weighted by atomic mass is 10.2. The molecule has 5 heteroatoms. The Morgan fingerprint density at radius 3 is 2.59 bits per heavy atom. The maximum atomic E-state index is 12.6. The molecule has 0 atom stereocenters. The number of anilines is 1. The lowest BCUT2D eigenvalue weighted by Gasteiger charge is -2.34. The first kappa shape index (κ1) is 16.7. The van der Waals surface area contributed by atoms with Crippen molar-refractivity contribution in [1.82, 2.24) is 14.8 Å². The number of amides is 1. The van der Waals surface area contributed by atoms with Gasteiger partial charge in [-0.05, 0) is 19.0 Å². The maximum absolute atomic E-state index is 12.6. The quantitative estimate of drug-likeness (QED) is 0.807. The summed E-state index contributed by atoms with van der Waals surface area (Å²) in [5.41, 5.74) is 1.72. The van der Waals surface area contributed by atoms with Crippen molar-refractivity contribution < 1.29 is 4.79 Å². The van der Waals surface area contributed by atoms with E-state index in [0.717, 1.165) is 57.8 Å². The van der Waals surface area contributed by atoms with E-state index < -0.39 is 0 Å². The lowest BCUT2D eigenvalue weighted by molar-refractivity contribution is 0.0643. The summed E-state index contributed by atoms with van der Waals surface area (Å²) in [6.07, 6.45) is 5.83. The van der Waals surface area contributed by atoms with Crippen LogP contribution < -0.4 is 4.90 Å². The van der Waals surface area contributed by atoms with Crippen LogP contribution in [0.2, 0.25) is 0 Å². The third-order valence-corrected chi connectivity index (χ3v) is 4.37. The molecule has 0 N–H and O–H groups in total. The standard InChI is InChI=1S/C17H28N4O/c1-4-6-7-19(3)16-12-15(13-18-14-16)17(22)21-10-8-20(5-2)9-11-21/h12-14H,4-11H2,1-3H3. The zero-order chi connectivity index (χ0) is 15.9. The first-order chi connectivity index (χ1) is 10.7. The van der Waals surface area contributed by atoms with Gasteiger partial charge in [-0.3, -0.25) is 9.78 Å². The second kappa shape index (κ2) is 8.13. The molecule has 1 amide bonds. The smallest absolute Gasteiger partial charge is 0.255 e. The lowest BCUT2D eigenvalue weighted by Crippen LogP contribution is -2.48. The average molecular weight is 304 g/mol. The highest BCUT2D eigenvalue weighted by atomic mass is 16.2. The van der Waals surface area contributed by atoms with Crippen molar-refractivity contribution in [2.45, 2.75) is 26.7 Å². The fourth-order valence-corrected chi connectivity index (χ4v) is 2.73. The van der Waals surface area contributed by atoms with Gasteiger partial charge in [0, 0.05) is 46.0 Å². The van der Waals surface area contributed by atoms with Crippen molar-refractivity contribution in [3.63, 3.8) is 0 Å². The molecule has 0 saturated carbocycles. The molecule has 0 aliphatic carbocycles. The molecule has 5 nitrogen and oxygen atoms in total. The van der Waals surface area contributed by atoms with Gasteiger partial charge in [-0.2, -0.15) is 0 Å². The van der Waals surface area contributed by atoms with E-state index >= 15 is 0 Å². The van der Waals surface area contributed by atoms with E-state index in [0.29, 0.717) is 5.56 Å². The van der Waals surface area contributed by atoms with Crippen molar-refractivity contribution in [3.8, 4) is 0 Å². The SMILES string of the molecule is CCCCN(C)c1cncc(C(=O)N2CCN(CC)CC2)c1. The average Bonchev–Trinajstić information content (AvgIpc) is 2.59. The largest absolute Gasteiger partial charge is 0.373 e. The van der Waals surface area contributed by atoms with Gasteiger partial charge in [0.05, 0.1) is 17.4 Å². The summed E-state index contributed by atoms with van der Waals surface area (Å²) in [6, 6.07) is 1.97. The van der Waals surface area contributed by atoms with Crippen LogP contribution in [0.5, 0.6) is 0 Å². The molecule has 2 rings (SSSR count). The van der Waals surface area contributed by atoms with E-state index in [9.17, 15) is 4.79 Å². The first-order valence-electron chi connectivity index (χ1n) is 8.33. The minimum atomic E-state index is 0.106. The number of aromatic nitrogens is 1. The molecular formula is C17H28N4O. The molecule has 2 heterocycles. The number of pyridine rings is 1. The Hall–Kier alpha value is -1.62. The van der Waals surface area contributed by atoms with E-state index in [1.807, 2.05) is 17.2 Å². The third-order valence-electron chi connectivity index (χ3n) is 4.37. The van der Waals surface area contributed by atoms with Crippen LogP contribution in [-0.2, 0) is 0 Å². The highest BCUT2D eigenvalue weighted by Crippen LogP contribution is 2.16. The summed E-state index contributed by atoms with van der Waals surface area (Å²) >= 11 is 0. The van der Waals surface area contributed by atoms with Crippen LogP contribution in [0.15, 0.2) is 18.5 Å². The molecule has 0 unspecified atom stereocenters. The summed E-state index contributed by atoms with van der Waals surface area (Å²) in [4.78, 5) is 23.4. The number of carbonyl (C=O) groups is 1. The van der Waals surface area contributed by atoms with Gasteiger partial charge < -0.3 is 14.7 Å². The van der Waals surface area contributed by atoms with Crippen LogP contribution in [0, 0.1) is 0 Å². The van der Waals surface area contributed by atoms with Gasteiger partial charge in [-0.25, -0.2) is 0 Å². The maximum Gasteiger partial charge on any atom is 0.255 e. The molecule has 0 spiro atoms. The zero-order valence-corrected chi connectivity index (χ0v) is 14.1. The number of nitrogens with zero attached hydrogens (tertiary/aromatic N) is 4. The van der Waals surface area contributed by atoms with Crippen LogP contribution in [0.25, 0.3) is 0 Å². The van der Waals surface area contributed by atoms with Gasteiger partial charge in [-0.15, -0.1) is 0 Å². The summed E-state index contributed by atoms with van der Waals surface area (Å²) in [5.74, 6) is 0.106. The first-order valence-corrected chi connectivity index (χ1v) is 8.33. The molecule has 1 aliphatic rings. The predicted molar refractivity (Wildman–Crippen MR) is 90.4 cm³/mol. The van der Waals surface area contributed by atoms with Crippen molar-refractivity contribution in [2.75, 3.05) is 51.2 Å². The van der Waals surface area contributed by atoms with Crippen molar-refractivity contribution in [1.29, 1.82) is 0 Å². The Balaban J connectivity index is 2.01. The molecule has 22 heavy (non-hydrogen) atoms. The van der Waals surface area contributed by atoms with Crippen LogP contribution in [0.1, 0.15) is 37.0 Å². The summed E-state index contributed by atoms with van der Waals surface area (Å²) < 4.78 is 0. The highest BCUT2D eigenvalue weighted by molar-refractivity contribution is 5.94. The highest BCUT2D eigenvalue weighted by Gasteiger charge is 2.21. The molecule has 1 aromatic heterocycles. The molecule has 122 valence electrons. The predicted octanol–water partition coefficient (Wildman–Crippen LogP) is 2.10. The Labute approximate surface area is 133 Å². The fourth-order valence-electron chi connectivity index (χ4n) is 2.73. The summed E-state index contributed by atoms with van der Waals surface area (Å²) in [6.45, 7) is 9.94. The van der Waals surface area contributed by atoms with Gasteiger partial charge in [0.2, 0.25) is 0 Å². The molecule has 1 aliphatic heterocycles. The monoisotopic (exact) mass is 304 g/mol. The molecule has 0 aromatic carbocycles. The van der Waals surface area contributed by atoms with Gasteiger partial charge in [0.25, 0.3) is 5.91 Å². The van der Waals surface area contributed by atoms with Crippen LogP contribution in [0.3, 0.4) is 0 Å². The molecule has 0 bridgehead atoms. The minimum Gasteiger partial charge on any atom is -0.373 e. The third kappa shape index (κ3) is 4.19. The number of rotatable bonds is 6. The van der Waals surface area contributed by atoms with Crippen molar-refractivity contribution >= 4 is 11.6 Å². The summed E-state index contributed by atoms with van der Waals surface area (Å²) in [5, 5.41) is 0. The Morgan fingerprint density at radius 2 is 1.95 bits per heavy atom. The Morgan fingerprint density at radius 1 is 1.23 bits per heavy atom. The van der Waals surface area contributed by atoms with Crippen LogP contribution in [-0.4, -0.2) is 67.0 Å². The topological polar surface area (TPSA) is 39.7 Å². The molecule has 0 radical (unpaired) electrons. The normalized spacial score (nSPS) is 15.9. The Bertz CT molecular complexity index is 483. The molecular weight excluding hydrogens is 276 g/mol. The van der Waals surface area contributed by atoms with E-state index in [1.54, 1.807) is 6.20 Å². The van der Waals surface area contributed by atoms with Crippen molar-refractivity contribution in [2.24, 2.45) is 0 Å². The number of unbranched alkanes of at least 4 members (excludes halogenated alkanes) is 1. The van der Waals surface area contributed by atoms with Gasteiger partial charge in [-0.1, -0.05) is 20.3 Å². The van der Waals surface area contributed by atoms with E-state index in [1.165, 1.54) is 0 Å². The molecule has 1 saturated heterocycles. The Kier molecular flexibility index (Phi) is 6.19. The second-order valence-corrected chi connectivity index (χ2v) is 5.93. The fraction of sp³-hybridized carbons (Fsp3) is 0.647. The van der Waals surface area contributed by atoms with Crippen LogP contribution >= 0.6 is 0 Å². The number of piperazine rings is 1. The van der Waals surface area contributed by atoms with Gasteiger partial charge in [0.1, 0.15) is 0 Å². The number of hydrogen-bond donors (Lipinski definition) is 0. The van der Waals surface area contributed by atoms with Crippen LogP contribution in [0.4, 0.5) is 5.69 Å². The van der Waals surface area contributed by atoms with Gasteiger partial charge >= 0.3 is 0 Å². The molecule has 1 aromatic rings. The van der Waals surface area contributed by atoms with E-state index in [4.69, 9.17) is 0 Å². The zero-order valence-electron chi connectivity index (χ0n) is 14.1. The minimum absolute atomic E-state index is 0.106. The number of hydrogen-bond acceptors (Lipinski definition) is 4. The molecule has 1 fully saturated rings. The van der Waals surface area contributed by atoms with E-state index in [-0.39, 0.29) is 5.91 Å². The van der Waals surface area contributed by atoms with Gasteiger partial charge in [0.15, 0.2) is 0 Å². The van der Waals surface area contributed by atoms with E-state index in [2.05, 4.69) is 35.7 Å². The number of carbonyl (C=O) groups excluding carboxylic acids is 1. The number of likely N-dealkylation sites (N-methyl/N-ethyl adjacent to an activating group) is 1. The second-order valence-electron chi connectivity index (χ2n) is 5.93. The van der Waals surface area contributed by atoms with Crippen molar-refractivity contribution in [3.05, 3.63) is 24.0 Å². The summed E-state index contributed by atoms with van der Waals surface area (Å²) in [7, 11) is 2.06.